The predicted octanol–water partition coefficient (Wildman–Crippen LogP) is 0.902. The maximum absolute atomic E-state index is 12.1. The van der Waals surface area contributed by atoms with E-state index in [1.165, 1.54) is 7.11 Å². The normalized spacial score (nSPS) is 20.4. The Hall–Kier alpha value is -2.52. The Morgan fingerprint density at radius 2 is 2.22 bits per heavy atom. The van der Waals surface area contributed by atoms with Gasteiger partial charge in [0.2, 0.25) is 17.7 Å². The van der Waals surface area contributed by atoms with E-state index in [4.69, 9.17) is 14.0 Å². The number of aromatic nitrogens is 3. The summed E-state index contributed by atoms with van der Waals surface area (Å²) in [6, 6.07) is 5.56. The molecule has 146 valence electrons. The third-order valence-electron chi connectivity index (χ3n) is 4.56. The van der Waals surface area contributed by atoms with Gasteiger partial charge in [-0.25, -0.2) is 4.98 Å². The number of piperidine rings is 1. The second kappa shape index (κ2) is 8.92. The number of aryl methyl sites for hydroxylation is 1. The number of ether oxygens (including phenoxy) is 2. The minimum absolute atomic E-state index is 0.0174. The molecular weight excluding hydrogens is 350 g/mol. The Labute approximate surface area is 158 Å². The van der Waals surface area contributed by atoms with E-state index in [-0.39, 0.29) is 24.5 Å². The number of amides is 1. The van der Waals surface area contributed by atoms with Crippen molar-refractivity contribution in [3.05, 3.63) is 35.6 Å². The first-order valence-electron chi connectivity index (χ1n) is 8.90. The summed E-state index contributed by atoms with van der Waals surface area (Å²) < 4.78 is 15.5. The molecule has 0 bridgehead atoms. The molecule has 1 amide bonds. The molecule has 1 aliphatic heterocycles. The van der Waals surface area contributed by atoms with Gasteiger partial charge in [-0.15, -0.1) is 0 Å². The topological polar surface area (TPSA) is 103 Å². The van der Waals surface area contributed by atoms with Crippen LogP contribution in [-0.4, -0.2) is 65.9 Å². The average Bonchev–Trinajstić information content (AvgIpc) is 3.08. The smallest absolute Gasteiger partial charge is 0.246 e. The first-order chi connectivity index (χ1) is 13.1. The number of carbonyl (C=O) groups excluding carboxylic acids is 1. The maximum Gasteiger partial charge on any atom is 0.246 e. The van der Waals surface area contributed by atoms with E-state index in [0.29, 0.717) is 30.7 Å². The quantitative estimate of drug-likeness (QED) is 0.762. The SMILES string of the molecule is COCC(=O)N[C@@H]1CN(Cc2cccc(OC)n2)CC[C@@H]1c1nc(C)no1. The number of methoxy groups -OCH3 is 2. The third kappa shape index (κ3) is 5.01. The van der Waals surface area contributed by atoms with Crippen molar-refractivity contribution in [3.8, 4) is 5.88 Å². The van der Waals surface area contributed by atoms with Crippen molar-refractivity contribution in [2.24, 2.45) is 0 Å². The lowest BCUT2D eigenvalue weighted by molar-refractivity contribution is -0.126. The molecule has 1 fully saturated rings. The van der Waals surface area contributed by atoms with E-state index in [9.17, 15) is 4.79 Å². The van der Waals surface area contributed by atoms with Gasteiger partial charge in [-0.3, -0.25) is 9.69 Å². The van der Waals surface area contributed by atoms with Crippen molar-refractivity contribution in [2.75, 3.05) is 33.9 Å². The lowest BCUT2D eigenvalue weighted by atomic mass is 9.91. The van der Waals surface area contributed by atoms with Crippen LogP contribution in [-0.2, 0) is 16.1 Å². The fourth-order valence-corrected chi connectivity index (χ4v) is 3.34. The van der Waals surface area contributed by atoms with E-state index in [0.717, 1.165) is 18.7 Å². The molecule has 1 saturated heterocycles. The van der Waals surface area contributed by atoms with Crippen LogP contribution >= 0.6 is 0 Å². The highest BCUT2D eigenvalue weighted by Crippen LogP contribution is 2.28. The van der Waals surface area contributed by atoms with Gasteiger partial charge in [0.15, 0.2) is 5.82 Å². The maximum atomic E-state index is 12.1. The summed E-state index contributed by atoms with van der Waals surface area (Å²) in [5.41, 5.74) is 0.920. The lowest BCUT2D eigenvalue weighted by Crippen LogP contribution is -2.52. The summed E-state index contributed by atoms with van der Waals surface area (Å²) in [4.78, 5) is 23.2. The third-order valence-corrected chi connectivity index (χ3v) is 4.56. The number of nitrogens with zero attached hydrogens (tertiary/aromatic N) is 4. The molecule has 1 aliphatic rings. The summed E-state index contributed by atoms with van der Waals surface area (Å²) in [7, 11) is 3.10. The van der Waals surface area contributed by atoms with Crippen molar-refractivity contribution in [1.82, 2.24) is 25.3 Å². The van der Waals surface area contributed by atoms with E-state index in [1.807, 2.05) is 18.2 Å². The fourth-order valence-electron chi connectivity index (χ4n) is 3.34. The Kier molecular flexibility index (Phi) is 6.36. The number of nitrogens with one attached hydrogen (secondary N) is 1. The van der Waals surface area contributed by atoms with Gasteiger partial charge in [-0.2, -0.15) is 4.98 Å². The second-order valence-corrected chi connectivity index (χ2v) is 6.59. The van der Waals surface area contributed by atoms with Gasteiger partial charge in [-0.1, -0.05) is 11.2 Å². The molecule has 2 aromatic rings. The van der Waals surface area contributed by atoms with Crippen molar-refractivity contribution in [3.63, 3.8) is 0 Å². The number of hydrogen-bond donors (Lipinski definition) is 1. The van der Waals surface area contributed by atoms with E-state index < -0.39 is 0 Å². The van der Waals surface area contributed by atoms with E-state index >= 15 is 0 Å². The second-order valence-electron chi connectivity index (χ2n) is 6.59. The standard InChI is InChI=1S/C18H25N5O4/c1-12-19-18(27-22-12)14-7-8-23(10-15(14)21-16(24)11-25-2)9-13-5-4-6-17(20-13)26-3/h4-6,14-15H,7-11H2,1-3H3,(H,21,24)/t14-,15+/m0/s1. The predicted molar refractivity (Wildman–Crippen MR) is 96.3 cm³/mol. The van der Waals surface area contributed by atoms with Gasteiger partial charge in [-0.05, 0) is 26.0 Å². The molecule has 0 aliphatic carbocycles. The van der Waals surface area contributed by atoms with Crippen LogP contribution in [0.25, 0.3) is 0 Å². The summed E-state index contributed by atoms with van der Waals surface area (Å²) in [6.45, 7) is 3.96. The van der Waals surface area contributed by atoms with Crippen molar-refractivity contribution >= 4 is 5.91 Å². The van der Waals surface area contributed by atoms with Gasteiger partial charge >= 0.3 is 0 Å². The van der Waals surface area contributed by atoms with Gasteiger partial charge in [0.25, 0.3) is 0 Å². The number of likely N-dealkylation sites (tertiary alicyclic amines) is 1. The Morgan fingerprint density at radius 3 is 2.93 bits per heavy atom. The highest BCUT2D eigenvalue weighted by Gasteiger charge is 2.35. The molecule has 9 heteroatoms. The Balaban J connectivity index is 1.71. The molecule has 27 heavy (non-hydrogen) atoms. The zero-order valence-electron chi connectivity index (χ0n) is 15.8. The Bertz CT molecular complexity index is 766. The van der Waals surface area contributed by atoms with Gasteiger partial charge in [0, 0.05) is 26.3 Å². The fraction of sp³-hybridized carbons (Fsp3) is 0.556. The van der Waals surface area contributed by atoms with Crippen LogP contribution in [0.4, 0.5) is 0 Å². The van der Waals surface area contributed by atoms with Crippen LogP contribution in [0, 0.1) is 6.92 Å². The molecular formula is C18H25N5O4. The number of hydrogen-bond acceptors (Lipinski definition) is 8. The number of rotatable bonds is 7. The average molecular weight is 375 g/mol. The molecule has 3 rings (SSSR count). The molecule has 0 spiro atoms. The molecule has 0 radical (unpaired) electrons. The van der Waals surface area contributed by atoms with Crippen LogP contribution in [0.2, 0.25) is 0 Å². The zero-order valence-corrected chi connectivity index (χ0v) is 15.8. The zero-order chi connectivity index (χ0) is 19.2. The molecule has 2 atom stereocenters. The minimum Gasteiger partial charge on any atom is -0.481 e. The van der Waals surface area contributed by atoms with Crippen LogP contribution in [0.5, 0.6) is 5.88 Å². The molecule has 3 heterocycles. The number of carbonyl (C=O) groups is 1. The van der Waals surface area contributed by atoms with Gasteiger partial charge < -0.3 is 19.3 Å². The monoisotopic (exact) mass is 375 g/mol. The minimum atomic E-state index is -0.162. The first-order valence-corrected chi connectivity index (χ1v) is 8.90. The highest BCUT2D eigenvalue weighted by molar-refractivity contribution is 5.77. The highest BCUT2D eigenvalue weighted by atomic mass is 16.5. The first kappa shape index (κ1) is 19.2. The van der Waals surface area contributed by atoms with Crippen molar-refractivity contribution in [2.45, 2.75) is 31.8 Å². The molecule has 1 N–H and O–H groups in total. The van der Waals surface area contributed by atoms with E-state index in [2.05, 4.69) is 25.3 Å². The summed E-state index contributed by atoms with van der Waals surface area (Å²) in [5.74, 6) is 1.56. The molecule has 2 aromatic heterocycles. The van der Waals surface area contributed by atoms with E-state index in [1.54, 1.807) is 14.0 Å². The van der Waals surface area contributed by atoms with Crippen LogP contribution in [0.1, 0.15) is 29.7 Å². The van der Waals surface area contributed by atoms with Crippen molar-refractivity contribution < 1.29 is 18.8 Å². The van der Waals surface area contributed by atoms with Crippen molar-refractivity contribution in [1.29, 1.82) is 0 Å². The molecule has 9 nitrogen and oxygen atoms in total. The summed E-state index contributed by atoms with van der Waals surface area (Å²) >= 11 is 0. The molecule has 0 saturated carbocycles. The van der Waals surface area contributed by atoms with Crippen LogP contribution in [0.15, 0.2) is 22.7 Å². The van der Waals surface area contributed by atoms with Crippen LogP contribution in [0.3, 0.4) is 0 Å². The van der Waals surface area contributed by atoms with Gasteiger partial charge in [0.05, 0.1) is 24.8 Å². The Morgan fingerprint density at radius 1 is 1.37 bits per heavy atom. The van der Waals surface area contributed by atoms with Crippen LogP contribution < -0.4 is 10.1 Å². The lowest BCUT2D eigenvalue weighted by Gasteiger charge is -2.37. The van der Waals surface area contributed by atoms with Gasteiger partial charge in [0.1, 0.15) is 6.61 Å². The molecule has 0 aromatic carbocycles. The summed E-state index contributed by atoms with van der Waals surface area (Å²) in [5, 5.41) is 6.92. The number of pyridine rings is 1. The largest absolute Gasteiger partial charge is 0.481 e. The molecule has 0 unspecified atom stereocenters. The summed E-state index contributed by atoms with van der Waals surface area (Å²) in [6.07, 6.45) is 0.795.